The van der Waals surface area contributed by atoms with Crippen molar-refractivity contribution in [1.82, 2.24) is 0 Å². The highest BCUT2D eigenvalue weighted by Crippen LogP contribution is 2.32. The molecule has 1 aliphatic heterocycles. The van der Waals surface area contributed by atoms with Gasteiger partial charge in [0.1, 0.15) is 0 Å². The summed E-state index contributed by atoms with van der Waals surface area (Å²) in [4.78, 5) is 2.83. The van der Waals surface area contributed by atoms with Crippen molar-refractivity contribution in [2.24, 2.45) is 17.0 Å². The molecule has 1 aliphatic rings. The van der Waals surface area contributed by atoms with Gasteiger partial charge in [0.15, 0.2) is 0 Å². The van der Waals surface area contributed by atoms with Gasteiger partial charge in [0, 0.05) is 4.91 Å². The largest absolute Gasteiger partial charge is 0.394 e. The lowest BCUT2D eigenvalue weighted by atomic mass is 9.81. The molecule has 80 valence electrons. The third kappa shape index (κ3) is 2.00. The SMILES string of the molecule is C[C@@H]1OC(CO)[C@@H](C)[C@H](C)C1N=[N+]=[N-]. The van der Waals surface area contributed by atoms with Gasteiger partial charge in [-0.15, -0.1) is 0 Å². The average Bonchev–Trinajstić information content (AvgIpc) is 2.18. The van der Waals surface area contributed by atoms with Crippen LogP contribution in [-0.4, -0.2) is 30.0 Å². The molecule has 1 fully saturated rings. The van der Waals surface area contributed by atoms with Crippen molar-refractivity contribution in [1.29, 1.82) is 0 Å². The number of ether oxygens (including phenoxy) is 1. The predicted octanol–water partition coefficient (Wildman–Crippen LogP) is 1.72. The Hall–Kier alpha value is -0.770. The lowest BCUT2D eigenvalue weighted by Gasteiger charge is -2.41. The molecule has 2 unspecified atom stereocenters. The fourth-order valence-corrected chi connectivity index (χ4v) is 2.03. The van der Waals surface area contributed by atoms with Gasteiger partial charge in [-0.25, -0.2) is 0 Å². The van der Waals surface area contributed by atoms with E-state index in [4.69, 9.17) is 15.4 Å². The lowest BCUT2D eigenvalue weighted by Crippen LogP contribution is -2.48. The smallest absolute Gasteiger partial charge is 0.0837 e. The average molecular weight is 199 g/mol. The van der Waals surface area contributed by atoms with E-state index in [9.17, 15) is 0 Å². The van der Waals surface area contributed by atoms with Crippen LogP contribution in [0.4, 0.5) is 0 Å². The van der Waals surface area contributed by atoms with E-state index in [0.717, 1.165) is 0 Å². The topological polar surface area (TPSA) is 78.2 Å². The highest BCUT2D eigenvalue weighted by atomic mass is 16.5. The van der Waals surface area contributed by atoms with Gasteiger partial charge in [-0.2, -0.15) is 0 Å². The molecular weight excluding hydrogens is 182 g/mol. The van der Waals surface area contributed by atoms with Crippen LogP contribution < -0.4 is 0 Å². The van der Waals surface area contributed by atoms with Crippen molar-refractivity contribution in [3.05, 3.63) is 10.4 Å². The first kappa shape index (κ1) is 11.3. The molecule has 0 aromatic carbocycles. The van der Waals surface area contributed by atoms with Crippen LogP contribution in [0.1, 0.15) is 20.8 Å². The van der Waals surface area contributed by atoms with Crippen molar-refractivity contribution in [3.8, 4) is 0 Å². The minimum atomic E-state index is -0.134. The van der Waals surface area contributed by atoms with Crippen molar-refractivity contribution in [2.75, 3.05) is 6.61 Å². The number of hydrogen-bond donors (Lipinski definition) is 1. The number of hydrogen-bond acceptors (Lipinski definition) is 3. The molecule has 0 saturated carbocycles. The molecule has 0 radical (unpaired) electrons. The first-order chi connectivity index (χ1) is 6.61. The normalized spacial score (nSPS) is 43.0. The summed E-state index contributed by atoms with van der Waals surface area (Å²) in [7, 11) is 0. The predicted molar refractivity (Wildman–Crippen MR) is 52.7 cm³/mol. The van der Waals surface area contributed by atoms with E-state index in [1.807, 2.05) is 20.8 Å². The summed E-state index contributed by atoms with van der Waals surface area (Å²) in [5.41, 5.74) is 8.42. The van der Waals surface area contributed by atoms with E-state index in [1.165, 1.54) is 0 Å². The minimum Gasteiger partial charge on any atom is -0.394 e. The van der Waals surface area contributed by atoms with Gasteiger partial charge in [-0.05, 0) is 24.3 Å². The van der Waals surface area contributed by atoms with E-state index in [0.29, 0.717) is 0 Å². The summed E-state index contributed by atoms with van der Waals surface area (Å²) in [6.45, 7) is 5.95. The molecule has 5 heteroatoms. The molecule has 5 nitrogen and oxygen atoms in total. The Balaban J connectivity index is 2.78. The molecule has 5 atom stereocenters. The number of aliphatic hydroxyl groups is 1. The summed E-state index contributed by atoms with van der Waals surface area (Å²) >= 11 is 0. The maximum Gasteiger partial charge on any atom is 0.0837 e. The Kier molecular flexibility index (Phi) is 3.75. The molecule has 1 rings (SSSR count). The summed E-state index contributed by atoms with van der Waals surface area (Å²) < 4.78 is 5.57. The van der Waals surface area contributed by atoms with Crippen LogP contribution in [0.2, 0.25) is 0 Å². The van der Waals surface area contributed by atoms with Crippen LogP contribution in [0.15, 0.2) is 5.11 Å². The number of aliphatic hydroxyl groups excluding tert-OH is 1. The number of rotatable bonds is 2. The van der Waals surface area contributed by atoms with Crippen LogP contribution in [-0.2, 0) is 4.74 Å². The zero-order chi connectivity index (χ0) is 10.7. The Labute approximate surface area is 83.7 Å². The fraction of sp³-hybridized carbons (Fsp3) is 1.00. The Morgan fingerprint density at radius 1 is 1.36 bits per heavy atom. The van der Waals surface area contributed by atoms with Crippen molar-refractivity contribution in [3.63, 3.8) is 0 Å². The Bertz CT molecular complexity index is 240. The maximum absolute atomic E-state index is 9.08. The van der Waals surface area contributed by atoms with Crippen molar-refractivity contribution < 1.29 is 9.84 Å². The second-order valence-electron chi connectivity index (χ2n) is 3.98. The molecule has 0 aromatic rings. The molecule has 1 N–H and O–H groups in total. The van der Waals surface area contributed by atoms with E-state index in [1.54, 1.807) is 0 Å². The van der Waals surface area contributed by atoms with Gasteiger partial charge in [0.25, 0.3) is 0 Å². The van der Waals surface area contributed by atoms with Crippen LogP contribution >= 0.6 is 0 Å². The fourth-order valence-electron chi connectivity index (χ4n) is 2.03. The van der Waals surface area contributed by atoms with Gasteiger partial charge in [0.05, 0.1) is 24.9 Å². The van der Waals surface area contributed by atoms with Crippen LogP contribution in [0.25, 0.3) is 10.4 Å². The van der Waals surface area contributed by atoms with Gasteiger partial charge in [-0.3, -0.25) is 0 Å². The quantitative estimate of drug-likeness (QED) is 0.417. The molecule has 1 heterocycles. The van der Waals surface area contributed by atoms with Crippen molar-refractivity contribution >= 4 is 0 Å². The van der Waals surface area contributed by atoms with Crippen LogP contribution in [0.3, 0.4) is 0 Å². The molecule has 0 aliphatic carbocycles. The monoisotopic (exact) mass is 199 g/mol. The summed E-state index contributed by atoms with van der Waals surface area (Å²) in [6, 6.07) is -0.127. The van der Waals surface area contributed by atoms with Crippen molar-refractivity contribution in [2.45, 2.75) is 39.0 Å². The van der Waals surface area contributed by atoms with Gasteiger partial charge in [-0.1, -0.05) is 19.0 Å². The lowest BCUT2D eigenvalue weighted by molar-refractivity contribution is -0.122. The van der Waals surface area contributed by atoms with Gasteiger partial charge >= 0.3 is 0 Å². The second-order valence-corrected chi connectivity index (χ2v) is 3.98. The third-order valence-electron chi connectivity index (χ3n) is 3.19. The van der Waals surface area contributed by atoms with Crippen LogP contribution in [0.5, 0.6) is 0 Å². The molecule has 0 bridgehead atoms. The zero-order valence-electron chi connectivity index (χ0n) is 8.79. The Morgan fingerprint density at radius 2 is 2.00 bits per heavy atom. The first-order valence-electron chi connectivity index (χ1n) is 4.92. The second kappa shape index (κ2) is 4.64. The molecule has 0 amide bonds. The van der Waals surface area contributed by atoms with Gasteiger partial charge in [0.2, 0.25) is 0 Å². The van der Waals surface area contributed by atoms with E-state index in [-0.39, 0.29) is 36.7 Å². The van der Waals surface area contributed by atoms with Gasteiger partial charge < -0.3 is 9.84 Å². The van der Waals surface area contributed by atoms with E-state index >= 15 is 0 Å². The zero-order valence-corrected chi connectivity index (χ0v) is 8.79. The molecule has 1 saturated heterocycles. The third-order valence-corrected chi connectivity index (χ3v) is 3.19. The summed E-state index contributed by atoms with van der Waals surface area (Å²) in [6.07, 6.45) is -0.251. The molecule has 14 heavy (non-hydrogen) atoms. The summed E-state index contributed by atoms with van der Waals surface area (Å²) in [5, 5.41) is 12.8. The molecular formula is C9H17N3O2. The maximum atomic E-state index is 9.08. The van der Waals surface area contributed by atoms with E-state index in [2.05, 4.69) is 10.0 Å². The summed E-state index contributed by atoms with van der Waals surface area (Å²) in [5.74, 6) is 0.457. The molecule has 0 spiro atoms. The standard InChI is InChI=1S/C9H17N3O2/c1-5-6(2)9(11-12-10)7(3)14-8(5)4-13/h5-9,13H,4H2,1-3H3/t5-,6-,7-,8?,9?/m0/s1. The Morgan fingerprint density at radius 3 is 2.50 bits per heavy atom. The highest BCUT2D eigenvalue weighted by molar-refractivity contribution is 4.90. The first-order valence-corrected chi connectivity index (χ1v) is 4.92. The number of nitrogens with zero attached hydrogens (tertiary/aromatic N) is 3. The highest BCUT2D eigenvalue weighted by Gasteiger charge is 2.38. The number of azide groups is 1. The molecule has 0 aromatic heterocycles. The van der Waals surface area contributed by atoms with E-state index < -0.39 is 0 Å². The van der Waals surface area contributed by atoms with Crippen LogP contribution in [0, 0.1) is 11.8 Å². The minimum absolute atomic E-state index is 0.0266.